The molecular weight excluding hydrogens is 260 g/mol. The molecule has 20 heavy (non-hydrogen) atoms. The number of hydrogen-bond acceptors (Lipinski definition) is 6. The van der Waals surface area contributed by atoms with Gasteiger partial charge < -0.3 is 10.1 Å². The third kappa shape index (κ3) is 3.19. The van der Waals surface area contributed by atoms with Gasteiger partial charge in [0.2, 0.25) is 5.88 Å². The molecule has 0 bridgehead atoms. The molecule has 0 unspecified atom stereocenters. The maximum atomic E-state index is 10.9. The molecule has 0 spiro atoms. The number of ether oxygens (including phenoxy) is 1. The van der Waals surface area contributed by atoms with Crippen LogP contribution in [-0.2, 0) is 0 Å². The molecule has 104 valence electrons. The van der Waals surface area contributed by atoms with Crippen molar-refractivity contribution in [3.63, 3.8) is 0 Å². The number of anilines is 1. The first kappa shape index (κ1) is 13.7. The standard InChI is InChI=1S/C13H14N4O3/c1-3-14-12-7-10(17(18)19)8-13(16-12)20-11-5-4-6-15-9(11)2/h4-8H,3H2,1-2H3,(H,14,16). The van der Waals surface area contributed by atoms with E-state index < -0.39 is 4.92 Å². The molecule has 0 aromatic carbocycles. The Hall–Kier alpha value is -2.70. The van der Waals surface area contributed by atoms with E-state index in [2.05, 4.69) is 15.3 Å². The number of nitrogens with one attached hydrogen (secondary N) is 1. The highest BCUT2D eigenvalue weighted by Crippen LogP contribution is 2.27. The zero-order chi connectivity index (χ0) is 14.5. The average Bonchev–Trinajstić information content (AvgIpc) is 2.41. The fourth-order valence-corrected chi connectivity index (χ4v) is 1.61. The molecule has 2 rings (SSSR count). The number of nitrogens with zero attached hydrogens (tertiary/aromatic N) is 3. The molecule has 7 nitrogen and oxygen atoms in total. The van der Waals surface area contributed by atoms with Gasteiger partial charge in [0.1, 0.15) is 5.82 Å². The van der Waals surface area contributed by atoms with Gasteiger partial charge in [-0.1, -0.05) is 0 Å². The fourth-order valence-electron chi connectivity index (χ4n) is 1.61. The van der Waals surface area contributed by atoms with Gasteiger partial charge in [-0.2, -0.15) is 4.98 Å². The number of rotatable bonds is 5. The van der Waals surface area contributed by atoms with Crippen molar-refractivity contribution in [1.29, 1.82) is 0 Å². The van der Waals surface area contributed by atoms with Crippen LogP contribution in [0.4, 0.5) is 11.5 Å². The lowest BCUT2D eigenvalue weighted by atomic mass is 10.3. The maximum absolute atomic E-state index is 10.9. The minimum Gasteiger partial charge on any atom is -0.437 e. The van der Waals surface area contributed by atoms with Crippen molar-refractivity contribution in [1.82, 2.24) is 9.97 Å². The first-order valence-electron chi connectivity index (χ1n) is 6.10. The minimum absolute atomic E-state index is 0.0764. The smallest absolute Gasteiger partial charge is 0.278 e. The van der Waals surface area contributed by atoms with Crippen LogP contribution in [0, 0.1) is 17.0 Å². The van der Waals surface area contributed by atoms with Crippen molar-refractivity contribution in [2.45, 2.75) is 13.8 Å². The lowest BCUT2D eigenvalue weighted by Crippen LogP contribution is -2.02. The summed E-state index contributed by atoms with van der Waals surface area (Å²) in [6, 6.07) is 6.11. The third-order valence-electron chi connectivity index (χ3n) is 2.53. The SMILES string of the molecule is CCNc1cc([N+](=O)[O-])cc(Oc2cccnc2C)n1. The van der Waals surface area contributed by atoms with Gasteiger partial charge in [-0.3, -0.25) is 15.1 Å². The quantitative estimate of drug-likeness (QED) is 0.666. The van der Waals surface area contributed by atoms with Crippen LogP contribution >= 0.6 is 0 Å². The summed E-state index contributed by atoms with van der Waals surface area (Å²) >= 11 is 0. The van der Waals surface area contributed by atoms with Crippen molar-refractivity contribution in [2.75, 3.05) is 11.9 Å². The summed E-state index contributed by atoms with van der Waals surface area (Å²) in [4.78, 5) is 18.7. The van der Waals surface area contributed by atoms with Crippen LogP contribution in [0.1, 0.15) is 12.6 Å². The van der Waals surface area contributed by atoms with Crippen LogP contribution in [0.15, 0.2) is 30.5 Å². The molecule has 0 aliphatic heterocycles. The van der Waals surface area contributed by atoms with Crippen molar-refractivity contribution in [3.05, 3.63) is 46.3 Å². The molecule has 0 aliphatic carbocycles. The first-order valence-corrected chi connectivity index (χ1v) is 6.10. The second-order valence-corrected chi connectivity index (χ2v) is 4.03. The number of aromatic nitrogens is 2. The van der Waals surface area contributed by atoms with Gasteiger partial charge in [0.05, 0.1) is 22.7 Å². The number of nitro groups is 1. The predicted octanol–water partition coefficient (Wildman–Crippen LogP) is 2.92. The Morgan fingerprint density at radius 3 is 2.90 bits per heavy atom. The van der Waals surface area contributed by atoms with E-state index in [1.807, 2.05) is 6.92 Å². The Kier molecular flexibility index (Phi) is 4.09. The summed E-state index contributed by atoms with van der Waals surface area (Å²) < 4.78 is 5.57. The number of hydrogen-bond donors (Lipinski definition) is 1. The first-order chi connectivity index (χ1) is 9.60. The fraction of sp³-hybridized carbons (Fsp3) is 0.231. The monoisotopic (exact) mass is 274 g/mol. The Labute approximate surface area is 115 Å². The normalized spacial score (nSPS) is 10.1. The van der Waals surface area contributed by atoms with Crippen molar-refractivity contribution in [3.8, 4) is 11.6 Å². The summed E-state index contributed by atoms with van der Waals surface area (Å²) in [6.45, 7) is 4.28. The molecule has 0 atom stereocenters. The Morgan fingerprint density at radius 1 is 1.45 bits per heavy atom. The molecule has 0 fully saturated rings. The highest BCUT2D eigenvalue weighted by Gasteiger charge is 2.13. The molecule has 7 heteroatoms. The summed E-state index contributed by atoms with van der Waals surface area (Å²) in [5.74, 6) is 1.08. The van der Waals surface area contributed by atoms with Gasteiger partial charge in [-0.15, -0.1) is 0 Å². The van der Waals surface area contributed by atoms with Crippen LogP contribution in [0.5, 0.6) is 11.6 Å². The van der Waals surface area contributed by atoms with Crippen LogP contribution in [0.2, 0.25) is 0 Å². The molecule has 2 heterocycles. The largest absolute Gasteiger partial charge is 0.437 e. The molecule has 0 aliphatic rings. The molecule has 0 radical (unpaired) electrons. The van der Waals surface area contributed by atoms with Crippen molar-refractivity contribution >= 4 is 11.5 Å². The van der Waals surface area contributed by atoms with E-state index in [1.165, 1.54) is 12.1 Å². The number of aryl methyl sites for hydroxylation is 1. The van der Waals surface area contributed by atoms with Crippen LogP contribution in [-0.4, -0.2) is 21.4 Å². The van der Waals surface area contributed by atoms with Gasteiger partial charge in [0.25, 0.3) is 5.69 Å². The number of pyridine rings is 2. The molecule has 0 saturated carbocycles. The van der Waals surface area contributed by atoms with E-state index >= 15 is 0 Å². The summed E-state index contributed by atoms with van der Waals surface area (Å²) in [5.41, 5.74) is 0.610. The molecule has 2 aromatic heterocycles. The topological polar surface area (TPSA) is 90.2 Å². The lowest BCUT2D eigenvalue weighted by molar-refractivity contribution is -0.384. The molecule has 0 amide bonds. The van der Waals surface area contributed by atoms with Gasteiger partial charge in [0.15, 0.2) is 5.75 Å². The molecule has 2 aromatic rings. The van der Waals surface area contributed by atoms with Crippen LogP contribution in [0.3, 0.4) is 0 Å². The highest BCUT2D eigenvalue weighted by atomic mass is 16.6. The van der Waals surface area contributed by atoms with Gasteiger partial charge in [-0.25, -0.2) is 0 Å². The zero-order valence-electron chi connectivity index (χ0n) is 11.2. The van der Waals surface area contributed by atoms with Crippen molar-refractivity contribution in [2.24, 2.45) is 0 Å². The van der Waals surface area contributed by atoms with Crippen LogP contribution < -0.4 is 10.1 Å². The molecule has 0 saturated heterocycles. The Morgan fingerprint density at radius 2 is 2.25 bits per heavy atom. The molecular formula is C13H14N4O3. The van der Waals surface area contributed by atoms with Crippen molar-refractivity contribution < 1.29 is 9.66 Å². The zero-order valence-corrected chi connectivity index (χ0v) is 11.2. The van der Waals surface area contributed by atoms with E-state index in [4.69, 9.17) is 4.74 Å². The summed E-state index contributed by atoms with van der Waals surface area (Å²) in [5, 5.41) is 13.8. The Bertz CT molecular complexity index is 631. The molecule has 1 N–H and O–H groups in total. The second kappa shape index (κ2) is 5.96. The van der Waals surface area contributed by atoms with Gasteiger partial charge in [0, 0.05) is 12.7 Å². The minimum atomic E-state index is -0.481. The highest BCUT2D eigenvalue weighted by molar-refractivity contribution is 5.49. The van der Waals surface area contributed by atoms with Gasteiger partial charge in [-0.05, 0) is 26.0 Å². The van der Waals surface area contributed by atoms with E-state index in [9.17, 15) is 10.1 Å². The van der Waals surface area contributed by atoms with Crippen LogP contribution in [0.25, 0.3) is 0 Å². The summed E-state index contributed by atoms with van der Waals surface area (Å²) in [7, 11) is 0. The summed E-state index contributed by atoms with van der Waals surface area (Å²) in [6.07, 6.45) is 1.65. The lowest BCUT2D eigenvalue weighted by Gasteiger charge is -2.09. The van der Waals surface area contributed by atoms with E-state index in [1.54, 1.807) is 25.3 Å². The maximum Gasteiger partial charge on any atom is 0.278 e. The second-order valence-electron chi connectivity index (χ2n) is 4.03. The van der Waals surface area contributed by atoms with E-state index in [0.29, 0.717) is 23.8 Å². The Balaban J connectivity index is 2.35. The predicted molar refractivity (Wildman–Crippen MR) is 74.1 cm³/mol. The van der Waals surface area contributed by atoms with E-state index in [0.717, 1.165) is 0 Å². The third-order valence-corrected chi connectivity index (χ3v) is 2.53. The van der Waals surface area contributed by atoms with E-state index in [-0.39, 0.29) is 11.6 Å². The van der Waals surface area contributed by atoms with Gasteiger partial charge >= 0.3 is 0 Å². The average molecular weight is 274 g/mol.